The number of carbonyl (C=O) groups excluding carboxylic acids is 2. The molecule has 0 fully saturated rings. The highest BCUT2D eigenvalue weighted by Gasteiger charge is 2.25. The van der Waals surface area contributed by atoms with Crippen LogP contribution in [0.3, 0.4) is 0 Å². The van der Waals surface area contributed by atoms with E-state index in [1.165, 1.54) is 30.4 Å². The Hall–Kier alpha value is -2.64. The maximum atomic E-state index is 12.6. The first-order valence-corrected chi connectivity index (χ1v) is 8.75. The molecule has 7 heteroatoms. The fourth-order valence-corrected chi connectivity index (χ4v) is 2.64. The molecule has 1 aromatic carbocycles. The van der Waals surface area contributed by atoms with E-state index in [1.54, 1.807) is 27.0 Å². The van der Waals surface area contributed by atoms with Gasteiger partial charge in [-0.1, -0.05) is 25.2 Å². The number of phenolic OH excluding ortho intramolecular Hbond substituents is 1. The number of hydrogen-bond donors (Lipinski definition) is 4. The van der Waals surface area contributed by atoms with E-state index in [-0.39, 0.29) is 23.7 Å². The number of aliphatic hydroxyl groups excluding tert-OH is 2. The van der Waals surface area contributed by atoms with Crippen LogP contribution < -0.4 is 5.32 Å². The minimum Gasteiger partial charge on any atom is -0.507 e. The molecule has 0 radical (unpaired) electrons. The van der Waals surface area contributed by atoms with Gasteiger partial charge in [-0.15, -0.1) is 0 Å². The molecule has 1 aliphatic rings. The van der Waals surface area contributed by atoms with Crippen molar-refractivity contribution in [2.45, 2.75) is 38.6 Å². The quantitative estimate of drug-likeness (QED) is 0.554. The van der Waals surface area contributed by atoms with Crippen LogP contribution in [0.5, 0.6) is 5.75 Å². The highest BCUT2D eigenvalue weighted by molar-refractivity contribution is 5.97. The lowest BCUT2D eigenvalue weighted by atomic mass is 9.99. The molecule has 1 heterocycles. The predicted octanol–water partition coefficient (Wildman–Crippen LogP) is 1.88. The van der Waals surface area contributed by atoms with Gasteiger partial charge >= 0.3 is 5.97 Å². The molecule has 0 amide bonds. The van der Waals surface area contributed by atoms with Gasteiger partial charge < -0.3 is 25.4 Å². The highest BCUT2D eigenvalue weighted by atomic mass is 16.5. The van der Waals surface area contributed by atoms with Gasteiger partial charge in [-0.25, -0.2) is 4.79 Å². The average molecular weight is 375 g/mol. The van der Waals surface area contributed by atoms with Gasteiger partial charge in [-0.3, -0.25) is 4.79 Å². The van der Waals surface area contributed by atoms with Gasteiger partial charge in [0.1, 0.15) is 23.5 Å². The Labute approximate surface area is 158 Å². The summed E-state index contributed by atoms with van der Waals surface area (Å²) in [6, 6.07) is 3.07. The Bertz CT molecular complexity index is 770. The van der Waals surface area contributed by atoms with E-state index in [0.717, 1.165) is 0 Å². The van der Waals surface area contributed by atoms with Gasteiger partial charge in [-0.05, 0) is 31.1 Å². The van der Waals surface area contributed by atoms with E-state index >= 15 is 0 Å². The van der Waals surface area contributed by atoms with Gasteiger partial charge in [0.05, 0.1) is 6.10 Å². The number of anilines is 1. The fraction of sp³-hybridized carbons (Fsp3) is 0.400. The molecule has 1 aliphatic heterocycles. The summed E-state index contributed by atoms with van der Waals surface area (Å²) < 4.78 is 5.44. The molecule has 0 saturated heterocycles. The van der Waals surface area contributed by atoms with Crippen molar-refractivity contribution in [2.75, 3.05) is 12.4 Å². The zero-order valence-corrected chi connectivity index (χ0v) is 15.5. The second kappa shape index (κ2) is 8.83. The fourth-order valence-electron chi connectivity index (χ4n) is 2.64. The summed E-state index contributed by atoms with van der Waals surface area (Å²) in [5.41, 5.74) is 0.992. The maximum absolute atomic E-state index is 12.6. The van der Waals surface area contributed by atoms with Crippen LogP contribution in [0.15, 0.2) is 30.4 Å². The molecule has 7 nitrogen and oxygen atoms in total. The molecule has 146 valence electrons. The maximum Gasteiger partial charge on any atom is 0.342 e. The van der Waals surface area contributed by atoms with Gasteiger partial charge in [0.2, 0.25) is 0 Å². The van der Waals surface area contributed by atoms with E-state index < -0.39 is 30.1 Å². The molecule has 0 aromatic heterocycles. The van der Waals surface area contributed by atoms with E-state index in [9.17, 15) is 24.9 Å². The minimum absolute atomic E-state index is 0.00820. The largest absolute Gasteiger partial charge is 0.507 e. The Morgan fingerprint density at radius 2 is 1.85 bits per heavy atom. The van der Waals surface area contributed by atoms with Crippen LogP contribution in [0.4, 0.5) is 5.69 Å². The molecular formula is C20H25NO6. The molecule has 0 bridgehead atoms. The molecule has 4 atom stereocenters. The van der Waals surface area contributed by atoms with Gasteiger partial charge in [0.15, 0.2) is 5.78 Å². The van der Waals surface area contributed by atoms with Crippen molar-refractivity contribution >= 4 is 23.5 Å². The number of hydrogen-bond acceptors (Lipinski definition) is 7. The Morgan fingerprint density at radius 1 is 1.15 bits per heavy atom. The Morgan fingerprint density at radius 3 is 2.52 bits per heavy atom. The standard InChI is InChI=1S/C20H25NO6/c1-11-7-8-16(23)19(25)15(22)6-4-5-13-9-14(21-3)10-17(24)18(13)20(26)27-12(11)2/h4-5,7-12,15,19,21-22,24-25H,6H2,1-3H3/b5-4+,8-7-/t11-,12+,15+,19+/m1/s1. The lowest BCUT2D eigenvalue weighted by Crippen LogP contribution is -2.32. The molecule has 27 heavy (non-hydrogen) atoms. The summed E-state index contributed by atoms with van der Waals surface area (Å²) in [7, 11) is 1.67. The van der Waals surface area contributed by atoms with E-state index in [4.69, 9.17) is 4.74 Å². The number of aromatic hydroxyl groups is 1. The van der Waals surface area contributed by atoms with Crippen molar-refractivity contribution < 1.29 is 29.6 Å². The molecule has 0 spiro atoms. The van der Waals surface area contributed by atoms with Crippen molar-refractivity contribution in [3.05, 3.63) is 41.5 Å². The molecule has 1 aromatic rings. The van der Waals surface area contributed by atoms with Crippen molar-refractivity contribution in [2.24, 2.45) is 5.92 Å². The van der Waals surface area contributed by atoms with Crippen molar-refractivity contribution in [1.29, 1.82) is 0 Å². The zero-order valence-electron chi connectivity index (χ0n) is 15.5. The van der Waals surface area contributed by atoms with E-state index in [0.29, 0.717) is 11.3 Å². The van der Waals surface area contributed by atoms with E-state index in [2.05, 4.69) is 5.32 Å². The predicted molar refractivity (Wildman–Crippen MR) is 102 cm³/mol. The highest BCUT2D eigenvalue weighted by Crippen LogP contribution is 2.29. The number of esters is 1. The summed E-state index contributed by atoms with van der Waals surface area (Å²) in [4.78, 5) is 24.6. The topological polar surface area (TPSA) is 116 Å². The average Bonchev–Trinajstić information content (AvgIpc) is 2.63. The Kier molecular flexibility index (Phi) is 6.76. The molecule has 0 saturated carbocycles. The SMILES string of the molecule is CNc1cc(O)c2c(c1)/C=C/C[C@H](O)[C@H](O)C(=O)/C=C\[C@@H](C)[C@H](C)OC2=O. The van der Waals surface area contributed by atoms with Crippen LogP contribution in [0.1, 0.15) is 36.2 Å². The number of ether oxygens (including phenoxy) is 1. The van der Waals surface area contributed by atoms with Crippen LogP contribution >= 0.6 is 0 Å². The lowest BCUT2D eigenvalue weighted by molar-refractivity contribution is -0.127. The lowest BCUT2D eigenvalue weighted by Gasteiger charge is -2.20. The first-order chi connectivity index (χ1) is 12.7. The number of fused-ring (bicyclic) bond motifs is 1. The third-order valence-corrected chi connectivity index (χ3v) is 4.57. The number of phenols is 1. The van der Waals surface area contributed by atoms with Crippen LogP contribution in [0.2, 0.25) is 0 Å². The van der Waals surface area contributed by atoms with Crippen LogP contribution in [-0.2, 0) is 9.53 Å². The second-order valence-electron chi connectivity index (χ2n) is 6.59. The smallest absolute Gasteiger partial charge is 0.342 e. The van der Waals surface area contributed by atoms with E-state index in [1.807, 2.05) is 0 Å². The number of benzene rings is 1. The van der Waals surface area contributed by atoms with Crippen LogP contribution in [-0.4, -0.2) is 52.4 Å². The minimum atomic E-state index is -1.55. The number of carbonyl (C=O) groups is 2. The number of aliphatic hydroxyl groups is 2. The summed E-state index contributed by atoms with van der Waals surface area (Å²) >= 11 is 0. The summed E-state index contributed by atoms with van der Waals surface area (Å²) in [6.45, 7) is 3.42. The molecule has 2 rings (SSSR count). The summed E-state index contributed by atoms with van der Waals surface area (Å²) in [5, 5.41) is 33.2. The van der Waals surface area contributed by atoms with Crippen molar-refractivity contribution in [3.8, 4) is 5.75 Å². The van der Waals surface area contributed by atoms with Gasteiger partial charge in [0, 0.05) is 24.7 Å². The third-order valence-electron chi connectivity index (χ3n) is 4.57. The van der Waals surface area contributed by atoms with Crippen molar-refractivity contribution in [3.63, 3.8) is 0 Å². The molecule has 4 N–H and O–H groups in total. The molecule has 0 unspecified atom stereocenters. The summed E-state index contributed by atoms with van der Waals surface area (Å²) in [6.07, 6.45) is 2.34. The third kappa shape index (κ3) is 4.96. The normalized spacial score (nSPS) is 29.2. The zero-order chi connectivity index (χ0) is 20.1. The number of rotatable bonds is 1. The first kappa shape index (κ1) is 20.7. The number of nitrogens with one attached hydrogen (secondary N) is 1. The van der Waals surface area contributed by atoms with Gasteiger partial charge in [0.25, 0.3) is 0 Å². The van der Waals surface area contributed by atoms with Gasteiger partial charge in [-0.2, -0.15) is 0 Å². The number of cyclic esters (lactones) is 1. The molecular weight excluding hydrogens is 350 g/mol. The Balaban J connectivity index is 2.50. The first-order valence-electron chi connectivity index (χ1n) is 8.75. The van der Waals surface area contributed by atoms with Crippen molar-refractivity contribution in [1.82, 2.24) is 0 Å². The monoisotopic (exact) mass is 375 g/mol. The van der Waals surface area contributed by atoms with Crippen LogP contribution in [0.25, 0.3) is 6.08 Å². The number of ketones is 1. The summed E-state index contributed by atoms with van der Waals surface area (Å²) in [5.74, 6) is -1.85. The second-order valence-corrected chi connectivity index (χ2v) is 6.59. The molecule has 0 aliphatic carbocycles. The van der Waals surface area contributed by atoms with Crippen LogP contribution in [0, 0.1) is 5.92 Å².